The fraction of sp³-hybridized carbons (Fsp3) is 0.778. The summed E-state index contributed by atoms with van der Waals surface area (Å²) in [6.07, 6.45) is -0.225. The third kappa shape index (κ3) is 4.94. The molecule has 0 aromatic heterocycles. The van der Waals surface area contributed by atoms with Crippen molar-refractivity contribution >= 4 is 23.5 Å². The minimum Gasteiger partial charge on any atom is -0.465 e. The van der Waals surface area contributed by atoms with Gasteiger partial charge >= 0.3 is 6.09 Å². The fourth-order valence-electron chi connectivity index (χ4n) is 1.07. The van der Waals surface area contributed by atoms with Crippen molar-refractivity contribution in [2.24, 2.45) is 4.99 Å². The summed E-state index contributed by atoms with van der Waals surface area (Å²) >= 11 is 4.41. The van der Waals surface area contributed by atoms with Crippen LogP contribution in [0.3, 0.4) is 0 Å². The first-order chi connectivity index (χ1) is 6.39. The second-order valence-corrected chi connectivity index (χ2v) is 4.11. The quantitative estimate of drug-likeness (QED) is 0.445. The van der Waals surface area contributed by atoms with Gasteiger partial charge in [0.1, 0.15) is 0 Å². The van der Waals surface area contributed by atoms with Crippen LogP contribution < -0.4 is 0 Å². The molecule has 0 aliphatic rings. The third-order valence-electron chi connectivity index (χ3n) is 1.76. The molecule has 0 radical (unpaired) electrons. The zero-order chi connectivity index (χ0) is 11.2. The number of thiocarbonyl (C=S) groups is 1. The molecule has 0 saturated heterocycles. The van der Waals surface area contributed by atoms with Crippen molar-refractivity contribution in [1.82, 2.24) is 4.90 Å². The van der Waals surface area contributed by atoms with Crippen LogP contribution in [0, 0.1) is 0 Å². The van der Waals surface area contributed by atoms with Gasteiger partial charge in [-0.25, -0.2) is 9.79 Å². The van der Waals surface area contributed by atoms with E-state index >= 15 is 0 Å². The lowest BCUT2D eigenvalue weighted by molar-refractivity contribution is 0.100. The number of amides is 1. The van der Waals surface area contributed by atoms with Gasteiger partial charge in [-0.15, -0.1) is 0 Å². The minimum absolute atomic E-state index is 0.368. The van der Waals surface area contributed by atoms with E-state index in [9.17, 15) is 4.79 Å². The first-order valence-electron chi connectivity index (χ1n) is 4.44. The van der Waals surface area contributed by atoms with Gasteiger partial charge in [0.15, 0.2) is 0 Å². The molecule has 0 aliphatic carbocycles. The third-order valence-corrected chi connectivity index (χ3v) is 1.89. The molecule has 0 rings (SSSR count). The Balaban J connectivity index is 4.12. The predicted molar refractivity (Wildman–Crippen MR) is 59.0 cm³/mol. The van der Waals surface area contributed by atoms with Gasteiger partial charge in [0.2, 0.25) is 0 Å². The molecule has 0 fully saturated rings. The zero-order valence-electron chi connectivity index (χ0n) is 8.78. The number of aliphatic imine (C=N–C) groups is 1. The van der Waals surface area contributed by atoms with Crippen molar-refractivity contribution in [2.75, 3.05) is 13.1 Å². The van der Waals surface area contributed by atoms with Crippen LogP contribution in [0.5, 0.6) is 0 Å². The first kappa shape index (κ1) is 13.1. The number of rotatable bonds is 4. The summed E-state index contributed by atoms with van der Waals surface area (Å²) in [4.78, 5) is 16.0. The predicted octanol–water partition coefficient (Wildman–Crippen LogP) is 2.26. The Morgan fingerprint density at radius 2 is 2.14 bits per heavy atom. The lowest BCUT2D eigenvalue weighted by Gasteiger charge is -2.32. The van der Waals surface area contributed by atoms with Crippen molar-refractivity contribution in [1.29, 1.82) is 0 Å². The normalized spacial score (nSPS) is 10.5. The van der Waals surface area contributed by atoms with E-state index in [2.05, 4.69) is 22.4 Å². The molecule has 1 N–H and O–H groups in total. The van der Waals surface area contributed by atoms with Gasteiger partial charge in [-0.3, -0.25) is 0 Å². The molecule has 0 heterocycles. The van der Waals surface area contributed by atoms with Gasteiger partial charge in [0, 0.05) is 12.1 Å². The molecule has 0 spiro atoms. The molecular formula is C9H16N2O2S. The number of carbonyl (C=O) groups is 1. The number of hydrogen-bond donors (Lipinski definition) is 1. The van der Waals surface area contributed by atoms with Gasteiger partial charge in [0.25, 0.3) is 0 Å². The Labute approximate surface area is 89.6 Å². The second-order valence-electron chi connectivity index (χ2n) is 3.93. The molecule has 0 bridgehead atoms. The Hall–Kier alpha value is -0.930. The topological polar surface area (TPSA) is 52.9 Å². The van der Waals surface area contributed by atoms with Crippen LogP contribution in [0.25, 0.3) is 0 Å². The zero-order valence-corrected chi connectivity index (χ0v) is 9.60. The smallest absolute Gasteiger partial charge is 0.407 e. The van der Waals surface area contributed by atoms with Crippen LogP contribution in [-0.4, -0.2) is 39.9 Å². The lowest BCUT2D eigenvalue weighted by atomic mass is 10.1. The minimum atomic E-state index is -0.899. The van der Waals surface area contributed by atoms with Crippen LogP contribution in [-0.2, 0) is 0 Å². The summed E-state index contributed by atoms with van der Waals surface area (Å²) < 4.78 is 0. The molecule has 4 nitrogen and oxygen atoms in total. The maximum atomic E-state index is 10.9. The Morgan fingerprint density at radius 3 is 2.50 bits per heavy atom. The van der Waals surface area contributed by atoms with Crippen molar-refractivity contribution in [3.05, 3.63) is 0 Å². The molecule has 0 aromatic carbocycles. The summed E-state index contributed by atoms with van der Waals surface area (Å²) in [5.41, 5.74) is -0.368. The summed E-state index contributed by atoms with van der Waals surface area (Å²) in [6, 6.07) is 0. The summed E-state index contributed by atoms with van der Waals surface area (Å²) in [6.45, 7) is 6.60. The number of hydrogen-bond acceptors (Lipinski definition) is 3. The van der Waals surface area contributed by atoms with Crippen molar-refractivity contribution in [3.8, 4) is 0 Å². The average molecular weight is 216 g/mol. The molecule has 0 atom stereocenters. The monoisotopic (exact) mass is 216 g/mol. The van der Waals surface area contributed by atoms with Crippen molar-refractivity contribution in [3.63, 3.8) is 0 Å². The highest BCUT2D eigenvalue weighted by Crippen LogP contribution is 2.13. The number of carboxylic acid groups (broad SMARTS) is 1. The van der Waals surface area contributed by atoms with Crippen molar-refractivity contribution in [2.45, 2.75) is 32.7 Å². The van der Waals surface area contributed by atoms with E-state index in [1.165, 1.54) is 4.90 Å². The van der Waals surface area contributed by atoms with Crippen molar-refractivity contribution < 1.29 is 9.90 Å². The summed E-state index contributed by atoms with van der Waals surface area (Å²) in [7, 11) is 0. The lowest BCUT2D eigenvalue weighted by Crippen LogP contribution is -2.45. The first-order valence-corrected chi connectivity index (χ1v) is 4.84. The number of nitrogens with zero attached hydrogens (tertiary/aromatic N) is 2. The van der Waals surface area contributed by atoms with Crippen LogP contribution in [0.2, 0.25) is 0 Å². The van der Waals surface area contributed by atoms with Crippen LogP contribution in [0.15, 0.2) is 4.99 Å². The standard InChI is InChI=1S/C9H16N2O2S/c1-9(2,3)11(8(12)13)6-4-5-10-7-14/h4-6H2,1-3H3,(H,12,13). The van der Waals surface area contributed by atoms with Gasteiger partial charge in [0.05, 0.1) is 11.7 Å². The van der Waals surface area contributed by atoms with Gasteiger partial charge < -0.3 is 10.0 Å². The maximum absolute atomic E-state index is 10.9. The number of isothiocyanates is 1. The van der Waals surface area contributed by atoms with Gasteiger partial charge in [-0.1, -0.05) is 0 Å². The van der Waals surface area contributed by atoms with Gasteiger partial charge in [-0.05, 0) is 39.4 Å². The highest BCUT2D eigenvalue weighted by molar-refractivity contribution is 7.78. The largest absolute Gasteiger partial charge is 0.465 e. The second kappa shape index (κ2) is 5.73. The maximum Gasteiger partial charge on any atom is 0.407 e. The average Bonchev–Trinajstić information content (AvgIpc) is 2.01. The molecule has 1 amide bonds. The highest BCUT2D eigenvalue weighted by Gasteiger charge is 2.24. The molecule has 5 heteroatoms. The van der Waals surface area contributed by atoms with E-state index in [-0.39, 0.29) is 5.54 Å². The Bertz CT molecular complexity index is 242. The van der Waals surface area contributed by atoms with E-state index in [1.807, 2.05) is 20.8 Å². The summed E-state index contributed by atoms with van der Waals surface area (Å²) in [5, 5.41) is 11.2. The molecule has 14 heavy (non-hydrogen) atoms. The molecule has 80 valence electrons. The van der Waals surface area contributed by atoms with Crippen LogP contribution in [0.4, 0.5) is 4.79 Å². The van der Waals surface area contributed by atoms with E-state index in [1.54, 1.807) is 0 Å². The van der Waals surface area contributed by atoms with E-state index in [0.29, 0.717) is 19.5 Å². The molecular weight excluding hydrogens is 200 g/mol. The molecule has 0 aliphatic heterocycles. The molecule has 0 unspecified atom stereocenters. The van der Waals surface area contributed by atoms with E-state index in [0.717, 1.165) is 0 Å². The fourth-order valence-corrected chi connectivity index (χ4v) is 1.16. The SMILES string of the molecule is CC(C)(C)N(CCCN=C=S)C(=O)O. The van der Waals surface area contributed by atoms with Gasteiger partial charge in [-0.2, -0.15) is 0 Å². The Kier molecular flexibility index (Phi) is 5.35. The van der Waals surface area contributed by atoms with E-state index < -0.39 is 6.09 Å². The summed E-state index contributed by atoms with van der Waals surface area (Å²) in [5.74, 6) is 0. The van der Waals surface area contributed by atoms with E-state index in [4.69, 9.17) is 5.11 Å². The van der Waals surface area contributed by atoms with Crippen LogP contribution >= 0.6 is 12.2 Å². The van der Waals surface area contributed by atoms with Crippen LogP contribution in [0.1, 0.15) is 27.2 Å². The molecule has 0 saturated carbocycles. The highest BCUT2D eigenvalue weighted by atomic mass is 32.1. The molecule has 0 aromatic rings. The Morgan fingerprint density at radius 1 is 1.57 bits per heavy atom.